The van der Waals surface area contributed by atoms with Crippen molar-refractivity contribution >= 4 is 0 Å². The first-order chi connectivity index (χ1) is 10.2. The first-order valence-corrected chi connectivity index (χ1v) is 7.50. The quantitative estimate of drug-likeness (QED) is 0.881. The molecular formula is C17H23N3O. The highest BCUT2D eigenvalue weighted by Crippen LogP contribution is 2.25. The molecule has 2 heterocycles. The van der Waals surface area contributed by atoms with E-state index in [1.165, 1.54) is 0 Å². The second-order valence-electron chi connectivity index (χ2n) is 5.11. The minimum atomic E-state index is 0.488. The Labute approximate surface area is 126 Å². The van der Waals surface area contributed by atoms with Crippen molar-refractivity contribution in [2.75, 3.05) is 0 Å². The molecule has 0 spiro atoms. The molecule has 2 aromatic heterocycles. The van der Waals surface area contributed by atoms with Gasteiger partial charge in [-0.2, -0.15) is 0 Å². The number of ether oxygens (including phenoxy) is 1. The summed E-state index contributed by atoms with van der Waals surface area (Å²) in [7, 11) is 0. The van der Waals surface area contributed by atoms with E-state index in [2.05, 4.69) is 23.8 Å². The third-order valence-electron chi connectivity index (χ3n) is 3.28. The molecule has 0 unspecified atom stereocenters. The molecule has 0 saturated carbocycles. The van der Waals surface area contributed by atoms with Gasteiger partial charge >= 0.3 is 0 Å². The van der Waals surface area contributed by atoms with Gasteiger partial charge in [0, 0.05) is 24.0 Å². The first-order valence-electron chi connectivity index (χ1n) is 7.50. The second kappa shape index (κ2) is 7.18. The summed E-state index contributed by atoms with van der Waals surface area (Å²) in [5, 5.41) is 0. The summed E-state index contributed by atoms with van der Waals surface area (Å²) in [4.78, 5) is 9.07. The highest BCUT2D eigenvalue weighted by atomic mass is 16.5. The van der Waals surface area contributed by atoms with Gasteiger partial charge in [-0.3, -0.25) is 4.98 Å². The fourth-order valence-corrected chi connectivity index (χ4v) is 2.23. The van der Waals surface area contributed by atoms with Gasteiger partial charge in [-0.15, -0.1) is 0 Å². The molecule has 2 rings (SSSR count). The van der Waals surface area contributed by atoms with Gasteiger partial charge in [0.15, 0.2) is 5.75 Å². The Morgan fingerprint density at radius 3 is 2.62 bits per heavy atom. The fourth-order valence-electron chi connectivity index (χ4n) is 2.23. The third kappa shape index (κ3) is 4.02. The summed E-state index contributed by atoms with van der Waals surface area (Å²) < 4.78 is 5.96. The highest BCUT2D eigenvalue weighted by molar-refractivity contribution is 5.34. The number of aryl methyl sites for hydroxylation is 3. The van der Waals surface area contributed by atoms with Crippen LogP contribution in [0.3, 0.4) is 0 Å². The molecule has 0 saturated heterocycles. The van der Waals surface area contributed by atoms with Crippen LogP contribution in [0.4, 0.5) is 0 Å². The van der Waals surface area contributed by atoms with E-state index >= 15 is 0 Å². The Hall–Kier alpha value is -1.94. The average molecular weight is 285 g/mol. The van der Waals surface area contributed by atoms with Crippen LogP contribution in [0.25, 0.3) is 0 Å². The lowest BCUT2D eigenvalue weighted by molar-refractivity contribution is 0.451. The van der Waals surface area contributed by atoms with Crippen LogP contribution in [0.1, 0.15) is 42.9 Å². The Bertz CT molecular complexity index is 611. The summed E-state index contributed by atoms with van der Waals surface area (Å²) in [5.74, 6) is 1.37. The topological polar surface area (TPSA) is 61.0 Å². The van der Waals surface area contributed by atoms with Crippen LogP contribution in [0.5, 0.6) is 11.6 Å². The van der Waals surface area contributed by atoms with Crippen LogP contribution in [0.2, 0.25) is 0 Å². The number of hydrogen-bond donors (Lipinski definition) is 1. The predicted octanol–water partition coefficient (Wildman–Crippen LogP) is 3.55. The van der Waals surface area contributed by atoms with E-state index in [1.807, 2.05) is 31.2 Å². The smallest absolute Gasteiger partial charge is 0.219 e. The van der Waals surface area contributed by atoms with E-state index in [0.717, 1.165) is 47.7 Å². The molecule has 0 aliphatic carbocycles. The van der Waals surface area contributed by atoms with Crippen LogP contribution in [-0.4, -0.2) is 9.97 Å². The standard InChI is InChI=1S/C17H23N3O/c1-4-6-14-9-13(11-18)10-17(20-14)21-16-8-7-12(3)19-15(16)5-2/h7-10H,4-6,11,18H2,1-3H3. The molecule has 21 heavy (non-hydrogen) atoms. The Morgan fingerprint density at radius 1 is 1.14 bits per heavy atom. The number of nitrogens with two attached hydrogens (primary N) is 1. The highest BCUT2D eigenvalue weighted by Gasteiger charge is 2.08. The van der Waals surface area contributed by atoms with Gasteiger partial charge in [-0.05, 0) is 43.5 Å². The molecule has 0 aromatic carbocycles. The number of aromatic nitrogens is 2. The van der Waals surface area contributed by atoms with Crippen LogP contribution in [0.15, 0.2) is 24.3 Å². The van der Waals surface area contributed by atoms with Gasteiger partial charge in [0.25, 0.3) is 0 Å². The molecule has 0 aliphatic heterocycles. The molecular weight excluding hydrogens is 262 g/mol. The number of pyridine rings is 2. The Balaban J connectivity index is 2.32. The van der Waals surface area contributed by atoms with Crippen LogP contribution >= 0.6 is 0 Å². The molecule has 0 amide bonds. The van der Waals surface area contributed by atoms with Crippen molar-refractivity contribution in [3.63, 3.8) is 0 Å². The monoisotopic (exact) mass is 285 g/mol. The van der Waals surface area contributed by atoms with Crippen LogP contribution in [0, 0.1) is 6.92 Å². The number of rotatable bonds is 6. The SMILES string of the molecule is CCCc1cc(CN)cc(Oc2ccc(C)nc2CC)n1. The summed E-state index contributed by atoms with van der Waals surface area (Å²) >= 11 is 0. The molecule has 4 nitrogen and oxygen atoms in total. The number of nitrogens with zero attached hydrogens (tertiary/aromatic N) is 2. The maximum Gasteiger partial charge on any atom is 0.219 e. The zero-order valence-electron chi connectivity index (χ0n) is 13.0. The lowest BCUT2D eigenvalue weighted by atomic mass is 10.1. The molecule has 0 atom stereocenters. The largest absolute Gasteiger partial charge is 0.437 e. The van der Waals surface area contributed by atoms with Gasteiger partial charge in [-0.1, -0.05) is 20.3 Å². The normalized spacial score (nSPS) is 10.7. The van der Waals surface area contributed by atoms with Gasteiger partial charge < -0.3 is 10.5 Å². The van der Waals surface area contributed by atoms with Crippen LogP contribution in [-0.2, 0) is 19.4 Å². The van der Waals surface area contributed by atoms with Gasteiger partial charge in [0.2, 0.25) is 5.88 Å². The van der Waals surface area contributed by atoms with E-state index in [4.69, 9.17) is 10.5 Å². The Kier molecular flexibility index (Phi) is 5.28. The van der Waals surface area contributed by atoms with E-state index in [1.54, 1.807) is 0 Å². The maximum atomic E-state index is 5.96. The molecule has 4 heteroatoms. The van der Waals surface area contributed by atoms with Crippen molar-refractivity contribution in [1.82, 2.24) is 9.97 Å². The van der Waals surface area contributed by atoms with Crippen molar-refractivity contribution in [1.29, 1.82) is 0 Å². The molecule has 0 radical (unpaired) electrons. The summed E-state index contributed by atoms with van der Waals surface area (Å²) in [5.41, 5.74) is 9.77. The van der Waals surface area contributed by atoms with E-state index in [9.17, 15) is 0 Å². The maximum absolute atomic E-state index is 5.96. The molecule has 2 aromatic rings. The van der Waals surface area contributed by atoms with Gasteiger partial charge in [0.05, 0.1) is 5.69 Å². The average Bonchev–Trinajstić information content (AvgIpc) is 2.49. The fraction of sp³-hybridized carbons (Fsp3) is 0.412. The Morgan fingerprint density at radius 2 is 1.95 bits per heavy atom. The van der Waals surface area contributed by atoms with E-state index in [0.29, 0.717) is 12.4 Å². The zero-order chi connectivity index (χ0) is 15.2. The van der Waals surface area contributed by atoms with Gasteiger partial charge in [-0.25, -0.2) is 4.98 Å². The molecule has 0 bridgehead atoms. The first kappa shape index (κ1) is 15.4. The lowest BCUT2D eigenvalue weighted by Crippen LogP contribution is -2.02. The van der Waals surface area contributed by atoms with E-state index in [-0.39, 0.29) is 0 Å². The molecule has 112 valence electrons. The van der Waals surface area contributed by atoms with Crippen LogP contribution < -0.4 is 10.5 Å². The van der Waals surface area contributed by atoms with Crippen molar-refractivity contribution in [2.24, 2.45) is 5.73 Å². The number of hydrogen-bond acceptors (Lipinski definition) is 4. The molecule has 0 aliphatic rings. The summed E-state index contributed by atoms with van der Waals surface area (Å²) in [6, 6.07) is 7.86. The summed E-state index contributed by atoms with van der Waals surface area (Å²) in [6.07, 6.45) is 2.80. The van der Waals surface area contributed by atoms with E-state index < -0.39 is 0 Å². The third-order valence-corrected chi connectivity index (χ3v) is 3.28. The lowest BCUT2D eigenvalue weighted by Gasteiger charge is -2.11. The minimum absolute atomic E-state index is 0.488. The molecule has 2 N–H and O–H groups in total. The summed E-state index contributed by atoms with van der Waals surface area (Å²) in [6.45, 7) is 6.68. The van der Waals surface area contributed by atoms with Gasteiger partial charge in [0.1, 0.15) is 0 Å². The second-order valence-corrected chi connectivity index (χ2v) is 5.11. The van der Waals surface area contributed by atoms with Crippen molar-refractivity contribution in [2.45, 2.75) is 46.6 Å². The van der Waals surface area contributed by atoms with Crippen molar-refractivity contribution in [3.05, 3.63) is 46.9 Å². The van der Waals surface area contributed by atoms with Crippen molar-refractivity contribution < 1.29 is 4.74 Å². The van der Waals surface area contributed by atoms with Crippen molar-refractivity contribution in [3.8, 4) is 11.6 Å². The molecule has 0 fully saturated rings. The predicted molar refractivity (Wildman–Crippen MR) is 84.5 cm³/mol. The minimum Gasteiger partial charge on any atom is -0.437 e. The zero-order valence-corrected chi connectivity index (χ0v) is 13.0.